The van der Waals surface area contributed by atoms with Crippen LogP contribution < -0.4 is 16.6 Å². The van der Waals surface area contributed by atoms with Gasteiger partial charge in [-0.2, -0.15) is 0 Å². The van der Waals surface area contributed by atoms with Crippen molar-refractivity contribution >= 4 is 33.8 Å². The molecule has 0 saturated heterocycles. The topological polar surface area (TPSA) is 110 Å². The van der Waals surface area contributed by atoms with Crippen molar-refractivity contribution in [3.05, 3.63) is 74.4 Å². The maximum absolute atomic E-state index is 12.9. The van der Waals surface area contributed by atoms with Crippen LogP contribution in [0.4, 0.5) is 5.69 Å². The van der Waals surface area contributed by atoms with E-state index < -0.39 is 11.2 Å². The molecule has 2 aromatic carbocycles. The Labute approximate surface area is 165 Å². The first kappa shape index (κ1) is 18.5. The molecule has 0 saturated carbocycles. The van der Waals surface area contributed by atoms with Crippen molar-refractivity contribution in [1.82, 2.24) is 19.5 Å². The summed E-state index contributed by atoms with van der Waals surface area (Å²) in [6.45, 7) is 3.50. The number of anilines is 1. The summed E-state index contributed by atoms with van der Waals surface area (Å²) in [5, 5.41) is 2.73. The quantitative estimate of drug-likeness (QED) is 0.520. The zero-order valence-corrected chi connectivity index (χ0v) is 16.0. The zero-order valence-electron chi connectivity index (χ0n) is 16.0. The Kier molecular flexibility index (Phi) is 4.67. The summed E-state index contributed by atoms with van der Waals surface area (Å²) in [5.74, 6) is -0.198. The third-order valence-electron chi connectivity index (χ3n) is 4.71. The number of amides is 1. The van der Waals surface area contributed by atoms with Crippen molar-refractivity contribution in [2.24, 2.45) is 0 Å². The Morgan fingerprint density at radius 1 is 1.10 bits per heavy atom. The van der Waals surface area contributed by atoms with E-state index in [1.54, 1.807) is 12.1 Å². The lowest BCUT2D eigenvalue weighted by Gasteiger charge is -2.09. The van der Waals surface area contributed by atoms with Crippen LogP contribution in [-0.2, 0) is 17.8 Å². The number of aromatic amines is 1. The van der Waals surface area contributed by atoms with Crippen LogP contribution in [0.25, 0.3) is 22.2 Å². The van der Waals surface area contributed by atoms with Crippen LogP contribution >= 0.6 is 0 Å². The minimum Gasteiger partial charge on any atom is -0.326 e. The number of aryl methyl sites for hydroxylation is 2. The van der Waals surface area contributed by atoms with Gasteiger partial charge < -0.3 is 5.32 Å². The van der Waals surface area contributed by atoms with E-state index >= 15 is 0 Å². The second-order valence-corrected chi connectivity index (χ2v) is 6.88. The summed E-state index contributed by atoms with van der Waals surface area (Å²) < 4.78 is 1.15. The highest BCUT2D eigenvalue weighted by Gasteiger charge is 2.13. The second kappa shape index (κ2) is 7.31. The molecule has 1 amide bonds. The van der Waals surface area contributed by atoms with E-state index in [-0.39, 0.29) is 23.6 Å². The number of aromatic nitrogens is 4. The van der Waals surface area contributed by atoms with Crippen LogP contribution in [0.2, 0.25) is 0 Å². The lowest BCUT2D eigenvalue weighted by molar-refractivity contribution is -0.114. The average molecular weight is 389 g/mol. The van der Waals surface area contributed by atoms with Gasteiger partial charge in [-0.25, -0.2) is 14.8 Å². The molecule has 4 rings (SSSR count). The smallest absolute Gasteiger partial charge is 0.326 e. The number of nitrogens with one attached hydrogen (secondary N) is 2. The van der Waals surface area contributed by atoms with E-state index in [9.17, 15) is 14.4 Å². The number of hydrogen-bond acceptors (Lipinski definition) is 5. The van der Waals surface area contributed by atoms with E-state index in [2.05, 4.69) is 20.3 Å². The van der Waals surface area contributed by atoms with Crippen molar-refractivity contribution in [3.8, 4) is 0 Å². The highest BCUT2D eigenvalue weighted by molar-refractivity contribution is 5.94. The van der Waals surface area contributed by atoms with Gasteiger partial charge in [0.2, 0.25) is 5.91 Å². The molecule has 29 heavy (non-hydrogen) atoms. The third-order valence-corrected chi connectivity index (χ3v) is 4.71. The molecule has 0 radical (unpaired) electrons. The van der Waals surface area contributed by atoms with Gasteiger partial charge >= 0.3 is 5.69 Å². The van der Waals surface area contributed by atoms with Gasteiger partial charge in [0, 0.05) is 19.2 Å². The van der Waals surface area contributed by atoms with E-state index in [0.717, 1.165) is 15.7 Å². The summed E-state index contributed by atoms with van der Waals surface area (Å²) in [5.41, 5.74) is 2.67. The minimum absolute atomic E-state index is 0.108. The van der Waals surface area contributed by atoms with Gasteiger partial charge in [-0.1, -0.05) is 30.3 Å². The predicted molar refractivity (Wildman–Crippen MR) is 111 cm³/mol. The van der Waals surface area contributed by atoms with E-state index in [0.29, 0.717) is 23.1 Å². The number of nitrogens with zero attached hydrogens (tertiary/aromatic N) is 3. The van der Waals surface area contributed by atoms with Gasteiger partial charge in [0.15, 0.2) is 11.2 Å². The molecule has 0 aliphatic carbocycles. The summed E-state index contributed by atoms with van der Waals surface area (Å²) in [7, 11) is 0. The average Bonchev–Trinajstić information content (AvgIpc) is 2.68. The van der Waals surface area contributed by atoms with Crippen LogP contribution in [0.5, 0.6) is 0 Å². The van der Waals surface area contributed by atoms with Crippen LogP contribution in [0.3, 0.4) is 0 Å². The fraction of sp³-hybridized carbons (Fsp3) is 0.190. The number of benzene rings is 2. The number of H-pyrrole nitrogens is 1. The fourth-order valence-electron chi connectivity index (χ4n) is 3.25. The molecule has 0 fully saturated rings. The second-order valence-electron chi connectivity index (χ2n) is 6.88. The highest BCUT2D eigenvalue weighted by atomic mass is 16.2. The number of hydrogen-bond donors (Lipinski definition) is 2. The molecule has 4 aromatic rings. The first-order chi connectivity index (χ1) is 13.9. The van der Waals surface area contributed by atoms with Gasteiger partial charge in [-0.05, 0) is 36.6 Å². The maximum Gasteiger partial charge on any atom is 0.330 e. The molecule has 0 unspecified atom stereocenters. The Hall–Kier alpha value is -3.81. The van der Waals surface area contributed by atoms with Crippen molar-refractivity contribution in [3.63, 3.8) is 0 Å². The molecule has 2 heterocycles. The van der Waals surface area contributed by atoms with Gasteiger partial charge in [0.25, 0.3) is 5.56 Å². The monoisotopic (exact) mass is 389 g/mol. The zero-order chi connectivity index (χ0) is 20.5. The lowest BCUT2D eigenvalue weighted by Crippen LogP contribution is -2.36. The van der Waals surface area contributed by atoms with Crippen molar-refractivity contribution < 1.29 is 4.79 Å². The molecule has 0 aliphatic rings. The summed E-state index contributed by atoms with van der Waals surface area (Å²) in [4.78, 5) is 48.2. The Morgan fingerprint density at radius 3 is 2.55 bits per heavy atom. The number of rotatable bonds is 4. The molecule has 0 atom stereocenters. The summed E-state index contributed by atoms with van der Waals surface area (Å²) in [6, 6.07) is 13.1. The van der Waals surface area contributed by atoms with E-state index in [1.165, 1.54) is 6.92 Å². The Bertz CT molecular complexity index is 1360. The fourth-order valence-corrected chi connectivity index (χ4v) is 3.25. The van der Waals surface area contributed by atoms with Crippen LogP contribution in [0.15, 0.2) is 52.1 Å². The van der Waals surface area contributed by atoms with Gasteiger partial charge in [0.1, 0.15) is 0 Å². The predicted octanol–water partition coefficient (Wildman–Crippen LogP) is 2.14. The largest absolute Gasteiger partial charge is 0.330 e. The number of carbonyl (C=O) groups is 1. The molecule has 0 spiro atoms. The van der Waals surface area contributed by atoms with E-state index in [4.69, 9.17) is 0 Å². The first-order valence-corrected chi connectivity index (χ1v) is 9.19. The van der Waals surface area contributed by atoms with Gasteiger partial charge in [-0.3, -0.25) is 19.1 Å². The molecule has 8 nitrogen and oxygen atoms in total. The number of fused-ring (bicyclic) bond motifs is 2. The molecule has 0 aliphatic heterocycles. The Morgan fingerprint density at radius 2 is 1.83 bits per heavy atom. The third kappa shape index (κ3) is 3.64. The van der Waals surface area contributed by atoms with Crippen LogP contribution in [-0.4, -0.2) is 25.4 Å². The molecule has 0 bridgehead atoms. The summed E-state index contributed by atoms with van der Waals surface area (Å²) >= 11 is 0. The van der Waals surface area contributed by atoms with Gasteiger partial charge in [-0.15, -0.1) is 0 Å². The lowest BCUT2D eigenvalue weighted by atomic mass is 10.1. The standard InChI is InChI=1S/C21H19N5O3/c1-12-10-16-17(11-15(12)22-13(2)27)24-19-18(23-16)20(28)26(21(29)25-19)9-8-14-6-4-3-5-7-14/h3-7,10-11H,8-9H2,1-2H3,(H,22,27)(H,24,25,29). The van der Waals surface area contributed by atoms with Crippen molar-refractivity contribution in [2.75, 3.05) is 5.32 Å². The normalized spacial score (nSPS) is 11.1. The van der Waals surface area contributed by atoms with Crippen molar-refractivity contribution in [1.29, 1.82) is 0 Å². The molecule has 8 heteroatoms. The van der Waals surface area contributed by atoms with E-state index in [1.807, 2.05) is 37.3 Å². The molecular weight excluding hydrogens is 370 g/mol. The molecule has 2 aromatic heterocycles. The first-order valence-electron chi connectivity index (χ1n) is 9.19. The molecular formula is C21H19N5O3. The SMILES string of the molecule is CC(=O)Nc1cc2nc3[nH]c(=O)n(CCc4ccccc4)c(=O)c3nc2cc1C. The minimum atomic E-state index is -0.527. The van der Waals surface area contributed by atoms with Gasteiger partial charge in [0.05, 0.1) is 11.0 Å². The maximum atomic E-state index is 12.9. The van der Waals surface area contributed by atoms with Crippen LogP contribution in [0.1, 0.15) is 18.1 Å². The van der Waals surface area contributed by atoms with Crippen molar-refractivity contribution in [2.45, 2.75) is 26.8 Å². The van der Waals surface area contributed by atoms with Crippen LogP contribution in [0, 0.1) is 6.92 Å². The molecule has 2 N–H and O–H groups in total. The molecule has 146 valence electrons. The Balaban J connectivity index is 1.80. The number of carbonyl (C=O) groups excluding carboxylic acids is 1. The summed E-state index contributed by atoms with van der Waals surface area (Å²) in [6.07, 6.45) is 0.551. The highest BCUT2D eigenvalue weighted by Crippen LogP contribution is 2.22.